The third-order valence-corrected chi connectivity index (χ3v) is 5.16. The molecule has 0 aliphatic carbocycles. The van der Waals surface area contributed by atoms with Gasteiger partial charge in [0.2, 0.25) is 0 Å². The highest BCUT2D eigenvalue weighted by Crippen LogP contribution is 2.30. The number of nitrogens with one attached hydrogen (secondary N) is 1. The summed E-state index contributed by atoms with van der Waals surface area (Å²) < 4.78 is 10.8. The van der Waals surface area contributed by atoms with Gasteiger partial charge in [-0.3, -0.25) is 14.4 Å². The van der Waals surface area contributed by atoms with E-state index in [9.17, 15) is 14.4 Å². The zero-order chi connectivity index (χ0) is 19.6. The highest BCUT2D eigenvalue weighted by Gasteiger charge is 2.30. The minimum Gasteiger partial charge on any atom is -0.492 e. The number of thiophene rings is 1. The molecule has 1 aromatic carbocycles. The molecule has 142 valence electrons. The Kier molecular flexibility index (Phi) is 5.67. The maximum Gasteiger partial charge on any atom is 0.313 e. The highest BCUT2D eigenvalue weighted by atomic mass is 35.5. The van der Waals surface area contributed by atoms with E-state index >= 15 is 0 Å². The van der Waals surface area contributed by atoms with E-state index in [1.807, 2.05) is 0 Å². The Hall–Kier alpha value is -2.58. The van der Waals surface area contributed by atoms with Gasteiger partial charge in [-0.25, -0.2) is 0 Å². The van der Waals surface area contributed by atoms with Crippen LogP contribution in [0.2, 0.25) is 5.02 Å². The Balaban J connectivity index is 1.59. The molecule has 1 aliphatic heterocycles. The van der Waals surface area contributed by atoms with E-state index in [0.717, 1.165) is 16.9 Å². The van der Waals surface area contributed by atoms with Gasteiger partial charge in [-0.05, 0) is 48.6 Å². The van der Waals surface area contributed by atoms with Crippen LogP contribution in [-0.4, -0.2) is 30.5 Å². The molecule has 7 nitrogen and oxygen atoms in total. The van der Waals surface area contributed by atoms with Crippen LogP contribution in [0.3, 0.4) is 0 Å². The van der Waals surface area contributed by atoms with E-state index in [1.165, 1.54) is 13.0 Å². The van der Waals surface area contributed by atoms with Crippen molar-refractivity contribution in [1.29, 1.82) is 0 Å². The van der Waals surface area contributed by atoms with Gasteiger partial charge in [0.15, 0.2) is 6.10 Å². The minimum atomic E-state index is -1.04. The molecule has 1 aliphatic rings. The fraction of sp³-hybridized carbons (Fsp3) is 0.278. The first-order chi connectivity index (χ1) is 12.8. The normalized spacial score (nSPS) is 16.6. The molecule has 0 saturated heterocycles. The lowest BCUT2D eigenvalue weighted by atomic mass is 9.97. The zero-order valence-electron chi connectivity index (χ0n) is 14.4. The number of esters is 1. The second kappa shape index (κ2) is 7.98. The van der Waals surface area contributed by atoms with Crippen molar-refractivity contribution in [3.05, 3.63) is 45.8 Å². The first kappa shape index (κ1) is 19.2. The predicted molar refractivity (Wildman–Crippen MR) is 101 cm³/mol. The molecule has 1 aromatic heterocycles. The van der Waals surface area contributed by atoms with Crippen molar-refractivity contribution in [2.24, 2.45) is 11.7 Å². The Bertz CT molecular complexity index is 898. The van der Waals surface area contributed by atoms with Crippen LogP contribution >= 0.6 is 22.9 Å². The molecule has 0 fully saturated rings. The van der Waals surface area contributed by atoms with Crippen LogP contribution in [0.25, 0.3) is 0 Å². The molecule has 2 amide bonds. The van der Waals surface area contributed by atoms with Crippen LogP contribution in [0.15, 0.2) is 29.6 Å². The summed E-state index contributed by atoms with van der Waals surface area (Å²) in [7, 11) is 0. The monoisotopic (exact) mass is 408 g/mol. The first-order valence-corrected chi connectivity index (χ1v) is 9.40. The lowest BCUT2D eigenvalue weighted by Crippen LogP contribution is -2.36. The molecule has 2 atom stereocenters. The Morgan fingerprint density at radius 1 is 1.37 bits per heavy atom. The van der Waals surface area contributed by atoms with Gasteiger partial charge in [0, 0.05) is 5.02 Å². The smallest absolute Gasteiger partial charge is 0.313 e. The van der Waals surface area contributed by atoms with Crippen molar-refractivity contribution < 1.29 is 23.9 Å². The number of hydrogen-bond donors (Lipinski definition) is 2. The van der Waals surface area contributed by atoms with Gasteiger partial charge >= 0.3 is 5.97 Å². The van der Waals surface area contributed by atoms with Crippen molar-refractivity contribution in [3.63, 3.8) is 0 Å². The average Bonchev–Trinajstić information content (AvgIpc) is 3.09. The molecule has 3 rings (SSSR count). The van der Waals surface area contributed by atoms with Crippen molar-refractivity contribution in [2.75, 3.05) is 11.9 Å². The molecule has 0 radical (unpaired) electrons. The van der Waals surface area contributed by atoms with E-state index in [4.69, 9.17) is 26.8 Å². The Labute approximate surface area is 164 Å². The molecule has 3 N–H and O–H groups in total. The van der Waals surface area contributed by atoms with Gasteiger partial charge in [0.25, 0.3) is 11.8 Å². The summed E-state index contributed by atoms with van der Waals surface area (Å²) in [5.41, 5.74) is 6.27. The van der Waals surface area contributed by atoms with Crippen LogP contribution in [0.4, 0.5) is 5.00 Å². The standard InChI is InChI=1S/C18H17ClN2O5S/c1-9(16(23)21-17-13(15(20)22)4-5-27-17)26-18(24)11-6-10-7-12(19)2-3-14(10)25-8-11/h2-5,7,9,11H,6,8H2,1H3,(H2,20,22)(H,21,23)/t9-,11-/m0/s1. The summed E-state index contributed by atoms with van der Waals surface area (Å²) in [5, 5.41) is 5.06. The number of ether oxygens (including phenoxy) is 2. The predicted octanol–water partition coefficient (Wildman–Crippen LogP) is 2.62. The number of amides is 2. The molecule has 0 unspecified atom stereocenters. The second-order valence-corrected chi connectivity index (χ2v) is 7.41. The zero-order valence-corrected chi connectivity index (χ0v) is 15.9. The van der Waals surface area contributed by atoms with Gasteiger partial charge in [-0.1, -0.05) is 11.6 Å². The van der Waals surface area contributed by atoms with Crippen molar-refractivity contribution >= 4 is 45.7 Å². The number of hydrogen-bond acceptors (Lipinski definition) is 6. The van der Waals surface area contributed by atoms with Crippen molar-refractivity contribution in [2.45, 2.75) is 19.4 Å². The number of carbonyl (C=O) groups is 3. The summed E-state index contributed by atoms with van der Waals surface area (Å²) >= 11 is 7.13. The van der Waals surface area contributed by atoms with Crippen LogP contribution < -0.4 is 15.8 Å². The lowest BCUT2D eigenvalue weighted by molar-refractivity contribution is -0.158. The van der Waals surface area contributed by atoms with E-state index in [2.05, 4.69) is 5.32 Å². The maximum absolute atomic E-state index is 12.4. The third kappa shape index (κ3) is 4.40. The average molecular weight is 409 g/mol. The number of nitrogens with two attached hydrogens (primary N) is 1. The van der Waals surface area contributed by atoms with E-state index in [-0.39, 0.29) is 12.2 Å². The molecule has 2 aromatic rings. The number of anilines is 1. The number of fused-ring (bicyclic) bond motifs is 1. The Morgan fingerprint density at radius 3 is 2.89 bits per heavy atom. The number of benzene rings is 1. The largest absolute Gasteiger partial charge is 0.492 e. The minimum absolute atomic E-state index is 0.165. The quantitative estimate of drug-likeness (QED) is 0.739. The van der Waals surface area contributed by atoms with Crippen LogP contribution in [0.5, 0.6) is 5.75 Å². The number of halogens is 1. The van der Waals surface area contributed by atoms with Gasteiger partial charge in [-0.2, -0.15) is 0 Å². The summed E-state index contributed by atoms with van der Waals surface area (Å²) in [6.07, 6.45) is -0.624. The molecular formula is C18H17ClN2O5S. The third-order valence-electron chi connectivity index (χ3n) is 4.09. The molecule has 9 heteroatoms. The van der Waals surface area contributed by atoms with E-state index in [1.54, 1.807) is 23.6 Å². The highest BCUT2D eigenvalue weighted by molar-refractivity contribution is 7.14. The fourth-order valence-electron chi connectivity index (χ4n) is 2.65. The van der Waals surface area contributed by atoms with Crippen LogP contribution in [0.1, 0.15) is 22.8 Å². The molecule has 2 heterocycles. The van der Waals surface area contributed by atoms with Gasteiger partial charge in [0.1, 0.15) is 17.4 Å². The van der Waals surface area contributed by atoms with Crippen molar-refractivity contribution in [3.8, 4) is 5.75 Å². The molecule has 0 saturated carbocycles. The van der Waals surface area contributed by atoms with Gasteiger partial charge < -0.3 is 20.5 Å². The van der Waals surface area contributed by atoms with Gasteiger partial charge in [-0.15, -0.1) is 11.3 Å². The summed E-state index contributed by atoms with van der Waals surface area (Å²) in [6, 6.07) is 6.73. The molecule has 27 heavy (non-hydrogen) atoms. The number of carbonyl (C=O) groups excluding carboxylic acids is 3. The maximum atomic E-state index is 12.4. The SMILES string of the molecule is C[C@H](OC(=O)[C@@H]1COc2ccc(Cl)cc2C1)C(=O)Nc1sccc1C(N)=O. The second-order valence-electron chi connectivity index (χ2n) is 6.06. The molecular weight excluding hydrogens is 392 g/mol. The van der Waals surface area contributed by atoms with E-state index in [0.29, 0.717) is 22.2 Å². The van der Waals surface area contributed by atoms with Crippen LogP contribution in [0, 0.1) is 5.92 Å². The number of primary amides is 1. The molecule has 0 spiro atoms. The molecule has 0 bridgehead atoms. The summed E-state index contributed by atoms with van der Waals surface area (Å²) in [4.78, 5) is 36.0. The first-order valence-electron chi connectivity index (χ1n) is 8.15. The number of rotatable bonds is 5. The summed E-state index contributed by atoms with van der Waals surface area (Å²) in [6.45, 7) is 1.62. The van der Waals surface area contributed by atoms with Crippen LogP contribution in [-0.2, 0) is 20.7 Å². The summed E-state index contributed by atoms with van der Waals surface area (Å²) in [5.74, 6) is -1.58. The van der Waals surface area contributed by atoms with Crippen molar-refractivity contribution in [1.82, 2.24) is 0 Å². The Morgan fingerprint density at radius 2 is 2.15 bits per heavy atom. The fourth-order valence-corrected chi connectivity index (χ4v) is 3.64. The van der Waals surface area contributed by atoms with E-state index < -0.39 is 29.8 Å². The lowest BCUT2D eigenvalue weighted by Gasteiger charge is -2.25. The topological polar surface area (TPSA) is 108 Å². The van der Waals surface area contributed by atoms with Gasteiger partial charge in [0.05, 0.1) is 11.5 Å².